The van der Waals surface area contributed by atoms with Gasteiger partial charge in [-0.3, -0.25) is 9.36 Å². The first-order chi connectivity index (χ1) is 15.4. The molecule has 3 heterocycles. The van der Waals surface area contributed by atoms with Gasteiger partial charge in [-0.1, -0.05) is 35.9 Å². The van der Waals surface area contributed by atoms with Gasteiger partial charge in [-0.2, -0.15) is 9.97 Å². The highest BCUT2D eigenvalue weighted by Gasteiger charge is 2.21. The molecule has 0 fully saturated rings. The van der Waals surface area contributed by atoms with E-state index in [0.29, 0.717) is 38.7 Å². The number of rotatable bonds is 4. The van der Waals surface area contributed by atoms with Crippen molar-refractivity contribution in [3.63, 3.8) is 0 Å². The van der Waals surface area contributed by atoms with Crippen LogP contribution in [0, 0.1) is 6.92 Å². The molecule has 1 atom stereocenters. The van der Waals surface area contributed by atoms with Crippen LogP contribution >= 0.6 is 11.6 Å². The Labute approximate surface area is 187 Å². The summed E-state index contributed by atoms with van der Waals surface area (Å²) in [6.45, 7) is 3.84. The molecule has 5 aromatic rings. The van der Waals surface area contributed by atoms with E-state index in [1.807, 2.05) is 38.1 Å². The van der Waals surface area contributed by atoms with E-state index in [2.05, 4.69) is 25.3 Å². The molecular weight excluding hydrogens is 428 g/mol. The van der Waals surface area contributed by atoms with Crippen molar-refractivity contribution in [1.82, 2.24) is 29.5 Å². The number of fused-ring (bicyclic) bond motifs is 2. The van der Waals surface area contributed by atoms with Crippen molar-refractivity contribution in [1.29, 1.82) is 0 Å². The fraction of sp³-hybridized carbons (Fsp3) is 0.136. The Bertz CT molecular complexity index is 1540. The maximum absolute atomic E-state index is 13.7. The smallest absolute Gasteiger partial charge is 0.267 e. The lowest BCUT2D eigenvalue weighted by molar-refractivity contribution is 0.730. The van der Waals surface area contributed by atoms with E-state index in [0.717, 1.165) is 11.3 Å². The molecule has 0 bridgehead atoms. The molecule has 3 aromatic heterocycles. The van der Waals surface area contributed by atoms with E-state index in [9.17, 15) is 4.79 Å². The topological polar surface area (TPSA) is 127 Å². The van der Waals surface area contributed by atoms with Gasteiger partial charge in [0.25, 0.3) is 5.56 Å². The number of nitrogens with one attached hydrogen (secondary N) is 2. The molecule has 10 heteroatoms. The SMILES string of the molecule is Cc1ccccc1-n1c([C@@H](C)Nc2nc(N)nc3[nH]cnc23)nc2cccc(Cl)c2c1=O. The summed E-state index contributed by atoms with van der Waals surface area (Å²) < 4.78 is 1.59. The normalized spacial score (nSPS) is 12.3. The molecule has 0 spiro atoms. The van der Waals surface area contributed by atoms with E-state index in [1.165, 1.54) is 6.33 Å². The third-order valence-electron chi connectivity index (χ3n) is 5.27. The fourth-order valence-electron chi connectivity index (χ4n) is 3.77. The predicted octanol–water partition coefficient (Wildman–Crippen LogP) is 3.77. The molecule has 0 aliphatic carbocycles. The number of H-pyrrole nitrogens is 1. The minimum absolute atomic E-state index is 0.103. The second kappa shape index (κ2) is 7.61. The van der Waals surface area contributed by atoms with Crippen molar-refractivity contribution < 1.29 is 0 Å². The molecular formula is C22H19ClN8O. The highest BCUT2D eigenvalue weighted by Crippen LogP contribution is 2.27. The lowest BCUT2D eigenvalue weighted by Crippen LogP contribution is -2.28. The lowest BCUT2D eigenvalue weighted by atomic mass is 10.1. The number of hydrogen-bond acceptors (Lipinski definition) is 7. The van der Waals surface area contributed by atoms with Gasteiger partial charge in [-0.25, -0.2) is 9.97 Å². The molecule has 0 saturated heterocycles. The molecule has 0 unspecified atom stereocenters. The van der Waals surface area contributed by atoms with Crippen LogP contribution in [0.4, 0.5) is 11.8 Å². The van der Waals surface area contributed by atoms with Crippen LogP contribution in [0.25, 0.3) is 27.8 Å². The summed E-state index contributed by atoms with van der Waals surface area (Å²) in [4.78, 5) is 34.1. The molecule has 4 N–H and O–H groups in total. The van der Waals surface area contributed by atoms with Crippen molar-refractivity contribution in [3.8, 4) is 5.69 Å². The summed E-state index contributed by atoms with van der Waals surface area (Å²) in [5.41, 5.74) is 8.84. The number of benzene rings is 2. The van der Waals surface area contributed by atoms with Gasteiger partial charge in [-0.05, 0) is 37.6 Å². The van der Waals surface area contributed by atoms with Crippen molar-refractivity contribution in [3.05, 3.63) is 75.6 Å². The fourth-order valence-corrected chi connectivity index (χ4v) is 4.02. The number of nitrogen functional groups attached to an aromatic ring is 1. The van der Waals surface area contributed by atoms with Gasteiger partial charge in [0.1, 0.15) is 11.3 Å². The molecule has 160 valence electrons. The Kier molecular flexibility index (Phi) is 4.75. The quantitative estimate of drug-likeness (QED) is 0.383. The number of aryl methyl sites for hydroxylation is 1. The van der Waals surface area contributed by atoms with Gasteiger partial charge in [0.15, 0.2) is 11.5 Å². The van der Waals surface area contributed by atoms with Crippen LogP contribution in [0.2, 0.25) is 5.02 Å². The number of aromatic nitrogens is 6. The van der Waals surface area contributed by atoms with Gasteiger partial charge in [-0.15, -0.1) is 0 Å². The van der Waals surface area contributed by atoms with Crippen LogP contribution in [-0.2, 0) is 0 Å². The van der Waals surface area contributed by atoms with E-state index in [1.54, 1.807) is 22.8 Å². The summed E-state index contributed by atoms with van der Waals surface area (Å²) in [5, 5.41) is 4.02. The third-order valence-corrected chi connectivity index (χ3v) is 5.58. The van der Waals surface area contributed by atoms with Crippen LogP contribution in [0.1, 0.15) is 24.4 Å². The molecule has 0 aliphatic rings. The molecule has 0 aliphatic heterocycles. The van der Waals surface area contributed by atoms with E-state index in [-0.39, 0.29) is 11.5 Å². The second-order valence-corrected chi connectivity index (χ2v) is 7.83. The Hall–Kier alpha value is -3.98. The first-order valence-electron chi connectivity index (χ1n) is 9.94. The first-order valence-corrected chi connectivity index (χ1v) is 10.3. The Morgan fingerprint density at radius 1 is 1.12 bits per heavy atom. The molecule has 32 heavy (non-hydrogen) atoms. The number of imidazole rings is 1. The Morgan fingerprint density at radius 3 is 2.75 bits per heavy atom. The van der Waals surface area contributed by atoms with Crippen LogP contribution < -0.4 is 16.6 Å². The number of nitrogens with zero attached hydrogens (tertiary/aromatic N) is 5. The van der Waals surface area contributed by atoms with Crippen LogP contribution in [0.3, 0.4) is 0 Å². The Balaban J connectivity index is 1.74. The van der Waals surface area contributed by atoms with E-state index in [4.69, 9.17) is 22.3 Å². The summed E-state index contributed by atoms with van der Waals surface area (Å²) >= 11 is 6.38. The molecule has 0 saturated carbocycles. The standard InChI is InChI=1S/C22H19ClN8O/c1-11-6-3-4-9-15(11)31-20(28-14-8-5-7-13(23)16(14)21(31)32)12(2)27-19-17-18(26-10-25-17)29-22(24)30-19/h3-10,12H,1-2H3,(H4,24,25,26,27,29,30)/t12-/m1/s1. The van der Waals surface area contributed by atoms with Crippen LogP contribution in [0.15, 0.2) is 53.6 Å². The minimum atomic E-state index is -0.431. The summed E-state index contributed by atoms with van der Waals surface area (Å²) in [6, 6.07) is 12.4. The minimum Gasteiger partial charge on any atom is -0.368 e. The largest absolute Gasteiger partial charge is 0.368 e. The molecule has 9 nitrogen and oxygen atoms in total. The van der Waals surface area contributed by atoms with E-state index >= 15 is 0 Å². The number of anilines is 2. The van der Waals surface area contributed by atoms with Crippen molar-refractivity contribution in [2.75, 3.05) is 11.1 Å². The molecule has 0 radical (unpaired) electrons. The second-order valence-electron chi connectivity index (χ2n) is 7.43. The number of para-hydroxylation sites is 1. The predicted molar refractivity (Wildman–Crippen MR) is 125 cm³/mol. The van der Waals surface area contributed by atoms with Crippen LogP contribution in [0.5, 0.6) is 0 Å². The molecule has 5 rings (SSSR count). The highest BCUT2D eigenvalue weighted by atomic mass is 35.5. The van der Waals surface area contributed by atoms with Gasteiger partial charge in [0.05, 0.1) is 34.0 Å². The number of aromatic amines is 1. The Morgan fingerprint density at radius 2 is 1.94 bits per heavy atom. The van der Waals surface area contributed by atoms with Gasteiger partial charge < -0.3 is 16.0 Å². The zero-order valence-electron chi connectivity index (χ0n) is 17.3. The van der Waals surface area contributed by atoms with Crippen molar-refractivity contribution in [2.45, 2.75) is 19.9 Å². The highest BCUT2D eigenvalue weighted by molar-refractivity contribution is 6.35. The lowest BCUT2D eigenvalue weighted by Gasteiger charge is -2.21. The average molecular weight is 447 g/mol. The third kappa shape index (κ3) is 3.23. The van der Waals surface area contributed by atoms with Crippen molar-refractivity contribution in [2.24, 2.45) is 0 Å². The first kappa shape index (κ1) is 20.0. The summed E-state index contributed by atoms with van der Waals surface area (Å²) in [7, 11) is 0. The van der Waals surface area contributed by atoms with Gasteiger partial charge in [0, 0.05) is 0 Å². The van der Waals surface area contributed by atoms with Gasteiger partial charge >= 0.3 is 0 Å². The number of nitrogens with two attached hydrogens (primary N) is 1. The monoisotopic (exact) mass is 446 g/mol. The number of halogens is 1. The average Bonchev–Trinajstić information content (AvgIpc) is 3.23. The molecule has 0 amide bonds. The van der Waals surface area contributed by atoms with E-state index < -0.39 is 6.04 Å². The summed E-state index contributed by atoms with van der Waals surface area (Å²) in [5.74, 6) is 1.05. The number of hydrogen-bond donors (Lipinski definition) is 3. The summed E-state index contributed by atoms with van der Waals surface area (Å²) in [6.07, 6.45) is 1.52. The maximum Gasteiger partial charge on any atom is 0.267 e. The maximum atomic E-state index is 13.7. The zero-order valence-corrected chi connectivity index (χ0v) is 18.1. The van der Waals surface area contributed by atoms with Gasteiger partial charge in [0.2, 0.25) is 5.95 Å². The zero-order chi connectivity index (χ0) is 22.4. The van der Waals surface area contributed by atoms with Crippen molar-refractivity contribution >= 4 is 45.4 Å². The van der Waals surface area contributed by atoms with Crippen LogP contribution in [-0.4, -0.2) is 29.5 Å². The molecule has 2 aromatic carbocycles.